The minimum atomic E-state index is -0.739. The first-order chi connectivity index (χ1) is 12.4. The van der Waals surface area contributed by atoms with Gasteiger partial charge in [0.05, 0.1) is 19.6 Å². The summed E-state index contributed by atoms with van der Waals surface area (Å²) in [5, 5.41) is 2.85. The fourth-order valence-electron chi connectivity index (χ4n) is 2.43. The van der Waals surface area contributed by atoms with Gasteiger partial charge in [-0.3, -0.25) is 9.59 Å². The van der Waals surface area contributed by atoms with E-state index in [4.69, 9.17) is 21.1 Å². The molecule has 2 aromatic carbocycles. The van der Waals surface area contributed by atoms with Crippen LogP contribution in [0.5, 0.6) is 5.75 Å². The van der Waals surface area contributed by atoms with Crippen LogP contribution in [0, 0.1) is 5.82 Å². The predicted octanol–water partition coefficient (Wildman–Crippen LogP) is 3.45. The molecule has 0 aliphatic rings. The van der Waals surface area contributed by atoms with Gasteiger partial charge >= 0.3 is 5.97 Å². The lowest BCUT2D eigenvalue weighted by molar-refractivity contribution is -0.148. The molecule has 0 saturated heterocycles. The van der Waals surface area contributed by atoms with E-state index in [1.807, 2.05) is 18.2 Å². The van der Waals surface area contributed by atoms with E-state index in [-0.39, 0.29) is 23.0 Å². The fourth-order valence-corrected chi connectivity index (χ4v) is 2.66. The summed E-state index contributed by atoms with van der Waals surface area (Å²) in [4.78, 5) is 23.8. The van der Waals surface area contributed by atoms with Crippen LogP contribution in [-0.4, -0.2) is 25.6 Å². The summed E-state index contributed by atoms with van der Waals surface area (Å²) in [6.07, 6.45) is -0.346. The Morgan fingerprint density at radius 1 is 1.19 bits per heavy atom. The quantitative estimate of drug-likeness (QED) is 0.748. The zero-order valence-corrected chi connectivity index (χ0v) is 15.2. The highest BCUT2D eigenvalue weighted by atomic mass is 35.5. The van der Waals surface area contributed by atoms with Gasteiger partial charge < -0.3 is 14.8 Å². The maximum Gasteiger partial charge on any atom is 0.310 e. The average molecular weight is 380 g/mol. The molecule has 0 aliphatic carbocycles. The van der Waals surface area contributed by atoms with Crippen LogP contribution in [0.2, 0.25) is 5.02 Å². The van der Waals surface area contributed by atoms with Crippen molar-refractivity contribution in [3.63, 3.8) is 0 Å². The number of ether oxygens (including phenoxy) is 2. The number of para-hydroxylation sites is 1. The molecule has 0 bridgehead atoms. The van der Waals surface area contributed by atoms with Crippen molar-refractivity contribution in [2.24, 2.45) is 0 Å². The Hall–Kier alpha value is -2.60. The standard InChI is InChI=1S/C19H19ClFNO4/c1-12(13-6-3-4-9-17(13)25-2)22-18(23)11-26-19(24)10-14-15(20)7-5-8-16(14)21/h3-9,12H,10-11H2,1-2H3,(H,22,23). The highest BCUT2D eigenvalue weighted by Gasteiger charge is 2.17. The molecule has 26 heavy (non-hydrogen) atoms. The second-order valence-electron chi connectivity index (χ2n) is 5.57. The monoisotopic (exact) mass is 379 g/mol. The van der Waals surface area contributed by atoms with Crippen LogP contribution in [0.1, 0.15) is 24.1 Å². The molecule has 2 rings (SSSR count). The number of carbonyl (C=O) groups excluding carboxylic acids is 2. The van der Waals surface area contributed by atoms with E-state index in [1.165, 1.54) is 18.2 Å². The maximum atomic E-state index is 13.7. The van der Waals surface area contributed by atoms with Crippen LogP contribution in [0.25, 0.3) is 0 Å². The van der Waals surface area contributed by atoms with Crippen molar-refractivity contribution in [3.8, 4) is 5.75 Å². The topological polar surface area (TPSA) is 64.6 Å². The highest BCUT2D eigenvalue weighted by molar-refractivity contribution is 6.31. The first-order valence-corrected chi connectivity index (χ1v) is 8.31. The van der Waals surface area contributed by atoms with Crippen molar-refractivity contribution in [1.82, 2.24) is 5.32 Å². The predicted molar refractivity (Wildman–Crippen MR) is 95.6 cm³/mol. The van der Waals surface area contributed by atoms with E-state index >= 15 is 0 Å². The maximum absolute atomic E-state index is 13.7. The summed E-state index contributed by atoms with van der Waals surface area (Å²) in [7, 11) is 1.54. The number of amides is 1. The van der Waals surface area contributed by atoms with E-state index in [2.05, 4.69) is 5.32 Å². The van der Waals surface area contributed by atoms with Crippen molar-refractivity contribution >= 4 is 23.5 Å². The fraction of sp³-hybridized carbons (Fsp3) is 0.263. The number of methoxy groups -OCH3 is 1. The van der Waals surface area contributed by atoms with Crippen molar-refractivity contribution in [1.29, 1.82) is 0 Å². The van der Waals surface area contributed by atoms with Crippen molar-refractivity contribution in [2.75, 3.05) is 13.7 Å². The molecular weight excluding hydrogens is 361 g/mol. The summed E-state index contributed by atoms with van der Waals surface area (Å²) < 4.78 is 23.8. The van der Waals surface area contributed by atoms with Gasteiger partial charge in [-0.2, -0.15) is 0 Å². The Morgan fingerprint density at radius 3 is 2.62 bits per heavy atom. The lowest BCUT2D eigenvalue weighted by Gasteiger charge is -2.17. The van der Waals surface area contributed by atoms with Crippen LogP contribution in [-0.2, 0) is 20.7 Å². The SMILES string of the molecule is COc1ccccc1C(C)NC(=O)COC(=O)Cc1c(F)cccc1Cl. The molecule has 2 aromatic rings. The molecule has 138 valence electrons. The number of hydrogen-bond donors (Lipinski definition) is 1. The van der Waals surface area contributed by atoms with Crippen LogP contribution in [0.3, 0.4) is 0 Å². The largest absolute Gasteiger partial charge is 0.496 e. The first-order valence-electron chi connectivity index (χ1n) is 7.93. The molecule has 0 saturated carbocycles. The molecule has 5 nitrogen and oxygen atoms in total. The van der Waals surface area contributed by atoms with Crippen LogP contribution in [0.15, 0.2) is 42.5 Å². The van der Waals surface area contributed by atoms with Crippen LogP contribution >= 0.6 is 11.6 Å². The van der Waals surface area contributed by atoms with Gasteiger partial charge in [-0.25, -0.2) is 4.39 Å². The van der Waals surface area contributed by atoms with E-state index in [1.54, 1.807) is 20.1 Å². The molecule has 0 aromatic heterocycles. The minimum absolute atomic E-state index is 0.0435. The molecule has 0 radical (unpaired) electrons. The van der Waals surface area contributed by atoms with E-state index in [0.717, 1.165) is 5.56 Å². The van der Waals surface area contributed by atoms with Crippen molar-refractivity contribution in [3.05, 3.63) is 64.4 Å². The molecule has 0 fully saturated rings. The molecule has 1 amide bonds. The molecule has 0 heterocycles. The third-order valence-corrected chi connectivity index (χ3v) is 4.08. The van der Waals surface area contributed by atoms with Gasteiger partial charge in [-0.1, -0.05) is 35.9 Å². The lowest BCUT2D eigenvalue weighted by atomic mass is 10.1. The Bertz CT molecular complexity index is 777. The Balaban J connectivity index is 1.87. The normalized spacial score (nSPS) is 11.5. The van der Waals surface area contributed by atoms with Gasteiger partial charge in [0.1, 0.15) is 11.6 Å². The zero-order chi connectivity index (χ0) is 19.1. The molecule has 0 aliphatic heterocycles. The molecule has 1 unspecified atom stereocenters. The van der Waals surface area contributed by atoms with Gasteiger partial charge in [0, 0.05) is 16.1 Å². The van der Waals surface area contributed by atoms with Gasteiger partial charge in [0.15, 0.2) is 6.61 Å². The number of hydrogen-bond acceptors (Lipinski definition) is 4. The van der Waals surface area contributed by atoms with Crippen molar-refractivity contribution in [2.45, 2.75) is 19.4 Å². The van der Waals surface area contributed by atoms with Gasteiger partial charge in [-0.05, 0) is 25.1 Å². The second-order valence-corrected chi connectivity index (χ2v) is 5.98. The summed E-state index contributed by atoms with van der Waals surface area (Å²) in [5.41, 5.74) is 0.842. The Morgan fingerprint density at radius 2 is 1.92 bits per heavy atom. The summed E-state index contributed by atoms with van der Waals surface area (Å²) in [6, 6.07) is 11.1. The highest BCUT2D eigenvalue weighted by Crippen LogP contribution is 2.24. The summed E-state index contributed by atoms with van der Waals surface area (Å²) in [5.74, 6) is -1.16. The third-order valence-electron chi connectivity index (χ3n) is 3.73. The average Bonchev–Trinajstić information content (AvgIpc) is 2.63. The van der Waals surface area contributed by atoms with Crippen LogP contribution in [0.4, 0.5) is 4.39 Å². The van der Waals surface area contributed by atoms with E-state index in [0.29, 0.717) is 5.75 Å². The third kappa shape index (κ3) is 5.20. The molecule has 1 atom stereocenters. The Labute approximate surface area is 156 Å². The van der Waals surface area contributed by atoms with Gasteiger partial charge in [-0.15, -0.1) is 0 Å². The lowest BCUT2D eigenvalue weighted by Crippen LogP contribution is -2.31. The number of esters is 1. The zero-order valence-electron chi connectivity index (χ0n) is 14.4. The number of rotatable bonds is 7. The number of benzene rings is 2. The van der Waals surface area contributed by atoms with E-state index < -0.39 is 24.3 Å². The number of carbonyl (C=O) groups is 2. The molecule has 7 heteroatoms. The Kier molecular flexibility index (Phi) is 6.97. The van der Waals surface area contributed by atoms with E-state index in [9.17, 15) is 14.0 Å². The molecular formula is C19H19ClFNO4. The molecule has 0 spiro atoms. The number of nitrogens with one attached hydrogen (secondary N) is 1. The number of halogens is 2. The van der Waals surface area contributed by atoms with Crippen LogP contribution < -0.4 is 10.1 Å². The van der Waals surface area contributed by atoms with Gasteiger partial charge in [0.25, 0.3) is 5.91 Å². The minimum Gasteiger partial charge on any atom is -0.496 e. The smallest absolute Gasteiger partial charge is 0.310 e. The first kappa shape index (κ1) is 19.7. The van der Waals surface area contributed by atoms with Crippen molar-refractivity contribution < 1.29 is 23.5 Å². The summed E-state index contributed by atoms with van der Waals surface area (Å²) in [6.45, 7) is 1.32. The second kappa shape index (κ2) is 9.20. The molecule has 1 N–H and O–H groups in total. The van der Waals surface area contributed by atoms with Gasteiger partial charge in [0.2, 0.25) is 0 Å². The summed E-state index contributed by atoms with van der Waals surface area (Å²) >= 11 is 5.86.